The number of nitrogens with zero attached hydrogens (tertiary/aromatic N) is 2. The number of nitrogens with one attached hydrogen (secondary N) is 1. The highest BCUT2D eigenvalue weighted by molar-refractivity contribution is 5.31. The van der Waals surface area contributed by atoms with Gasteiger partial charge in [-0.3, -0.25) is 4.98 Å². The average Bonchev–Trinajstić information content (AvgIpc) is 2.97. The van der Waals surface area contributed by atoms with Gasteiger partial charge in [-0.05, 0) is 24.2 Å². The zero-order chi connectivity index (χ0) is 10.0. The van der Waals surface area contributed by atoms with Crippen LogP contribution in [0.4, 0.5) is 5.82 Å². The first-order valence-electron chi connectivity index (χ1n) is 5.23. The Kier molecular flexibility index (Phi) is 2.40. The summed E-state index contributed by atoms with van der Waals surface area (Å²) < 4.78 is 0. The molecule has 1 N–H and O–H groups in total. The van der Waals surface area contributed by atoms with Crippen LogP contribution in [0.15, 0.2) is 18.6 Å². The van der Waals surface area contributed by atoms with E-state index in [2.05, 4.69) is 29.1 Å². The lowest BCUT2D eigenvalue weighted by atomic mass is 9.92. The normalized spacial score (nSPS) is 18.2. The minimum Gasteiger partial charge on any atom is -0.368 e. The van der Waals surface area contributed by atoms with E-state index in [9.17, 15) is 0 Å². The molecule has 0 atom stereocenters. The molecular formula is C11H17N3. The van der Waals surface area contributed by atoms with Crippen molar-refractivity contribution in [3.8, 4) is 0 Å². The molecule has 0 amide bonds. The molecule has 1 aliphatic rings. The van der Waals surface area contributed by atoms with Gasteiger partial charge in [0.15, 0.2) is 0 Å². The largest absolute Gasteiger partial charge is 0.368 e. The van der Waals surface area contributed by atoms with Gasteiger partial charge in [0.25, 0.3) is 0 Å². The minimum absolute atomic E-state index is 0.525. The monoisotopic (exact) mass is 191 g/mol. The van der Waals surface area contributed by atoms with Gasteiger partial charge in [-0.2, -0.15) is 0 Å². The quantitative estimate of drug-likeness (QED) is 0.793. The molecule has 1 aliphatic carbocycles. The van der Waals surface area contributed by atoms with Gasteiger partial charge in [0, 0.05) is 18.9 Å². The average molecular weight is 191 g/mol. The SMILES string of the molecule is CC(C)C1(CNc2cnccn2)CC1. The zero-order valence-electron chi connectivity index (χ0n) is 8.83. The summed E-state index contributed by atoms with van der Waals surface area (Å²) >= 11 is 0. The molecule has 1 aromatic rings. The number of hydrogen-bond acceptors (Lipinski definition) is 3. The molecule has 3 heteroatoms. The van der Waals surface area contributed by atoms with Crippen LogP contribution in [0.2, 0.25) is 0 Å². The first-order valence-corrected chi connectivity index (χ1v) is 5.23. The Bertz CT molecular complexity index is 291. The fraction of sp³-hybridized carbons (Fsp3) is 0.636. The number of aromatic nitrogens is 2. The Morgan fingerprint density at radius 3 is 2.71 bits per heavy atom. The molecule has 0 unspecified atom stereocenters. The van der Waals surface area contributed by atoms with Crippen molar-refractivity contribution in [3.63, 3.8) is 0 Å². The van der Waals surface area contributed by atoms with E-state index in [0.717, 1.165) is 18.3 Å². The van der Waals surface area contributed by atoms with Crippen LogP contribution < -0.4 is 5.32 Å². The maximum Gasteiger partial charge on any atom is 0.144 e. The standard InChI is InChI=1S/C11H17N3/c1-9(2)11(3-4-11)8-14-10-7-12-5-6-13-10/h5-7,9H,3-4,8H2,1-2H3,(H,13,14). The lowest BCUT2D eigenvalue weighted by Gasteiger charge is -2.19. The van der Waals surface area contributed by atoms with E-state index >= 15 is 0 Å². The van der Waals surface area contributed by atoms with E-state index < -0.39 is 0 Å². The van der Waals surface area contributed by atoms with Gasteiger partial charge in [0.2, 0.25) is 0 Å². The van der Waals surface area contributed by atoms with E-state index in [-0.39, 0.29) is 0 Å². The summed E-state index contributed by atoms with van der Waals surface area (Å²) in [5.41, 5.74) is 0.525. The molecule has 2 rings (SSSR count). The van der Waals surface area contributed by atoms with Crippen molar-refractivity contribution >= 4 is 5.82 Å². The summed E-state index contributed by atoms with van der Waals surface area (Å²) in [6, 6.07) is 0. The minimum atomic E-state index is 0.525. The van der Waals surface area contributed by atoms with Crippen molar-refractivity contribution in [1.29, 1.82) is 0 Å². The third-order valence-corrected chi connectivity index (χ3v) is 3.30. The predicted molar refractivity (Wildman–Crippen MR) is 57.0 cm³/mol. The zero-order valence-corrected chi connectivity index (χ0v) is 8.83. The summed E-state index contributed by atoms with van der Waals surface area (Å²) in [6.45, 7) is 5.63. The van der Waals surface area contributed by atoms with Crippen LogP contribution >= 0.6 is 0 Å². The van der Waals surface area contributed by atoms with Crippen molar-refractivity contribution < 1.29 is 0 Å². The van der Waals surface area contributed by atoms with Gasteiger partial charge in [-0.1, -0.05) is 13.8 Å². The van der Waals surface area contributed by atoms with Gasteiger partial charge < -0.3 is 5.32 Å². The maximum atomic E-state index is 4.20. The molecule has 1 saturated carbocycles. The predicted octanol–water partition coefficient (Wildman–Crippen LogP) is 2.32. The summed E-state index contributed by atoms with van der Waals surface area (Å²) in [7, 11) is 0. The van der Waals surface area contributed by atoms with Crippen LogP contribution in [0.25, 0.3) is 0 Å². The van der Waals surface area contributed by atoms with Crippen LogP contribution in [0.5, 0.6) is 0 Å². The topological polar surface area (TPSA) is 37.8 Å². The van der Waals surface area contributed by atoms with Gasteiger partial charge in [-0.25, -0.2) is 4.98 Å². The Morgan fingerprint density at radius 1 is 1.43 bits per heavy atom. The number of rotatable bonds is 4. The molecule has 0 aliphatic heterocycles. The van der Waals surface area contributed by atoms with Crippen molar-refractivity contribution in [2.75, 3.05) is 11.9 Å². The Morgan fingerprint density at radius 2 is 2.21 bits per heavy atom. The molecule has 14 heavy (non-hydrogen) atoms. The molecule has 0 radical (unpaired) electrons. The second kappa shape index (κ2) is 3.56. The molecule has 0 aromatic carbocycles. The van der Waals surface area contributed by atoms with Crippen LogP contribution in [-0.4, -0.2) is 16.5 Å². The summed E-state index contributed by atoms with van der Waals surface area (Å²) in [5.74, 6) is 1.64. The summed E-state index contributed by atoms with van der Waals surface area (Å²) in [4.78, 5) is 8.22. The van der Waals surface area contributed by atoms with E-state index in [1.54, 1.807) is 18.6 Å². The van der Waals surface area contributed by atoms with Crippen LogP contribution in [0.3, 0.4) is 0 Å². The van der Waals surface area contributed by atoms with Gasteiger partial charge in [-0.15, -0.1) is 0 Å². The Hall–Kier alpha value is -1.12. The molecule has 1 heterocycles. The first kappa shape index (κ1) is 9.44. The van der Waals surface area contributed by atoms with E-state index in [1.807, 2.05) is 0 Å². The van der Waals surface area contributed by atoms with Gasteiger partial charge in [0.05, 0.1) is 6.20 Å². The molecular weight excluding hydrogens is 174 g/mol. The number of hydrogen-bond donors (Lipinski definition) is 1. The van der Waals surface area contributed by atoms with Crippen LogP contribution in [0.1, 0.15) is 26.7 Å². The summed E-state index contributed by atoms with van der Waals surface area (Å²) in [5, 5.41) is 3.36. The van der Waals surface area contributed by atoms with Gasteiger partial charge >= 0.3 is 0 Å². The van der Waals surface area contributed by atoms with Crippen LogP contribution in [0, 0.1) is 11.3 Å². The lowest BCUT2D eigenvalue weighted by molar-refractivity contribution is 0.380. The lowest BCUT2D eigenvalue weighted by Crippen LogP contribution is -2.21. The molecule has 76 valence electrons. The highest BCUT2D eigenvalue weighted by Gasteiger charge is 2.44. The Labute approximate surface area is 85.0 Å². The smallest absolute Gasteiger partial charge is 0.144 e. The Balaban J connectivity index is 1.89. The fourth-order valence-corrected chi connectivity index (χ4v) is 1.78. The molecule has 3 nitrogen and oxygen atoms in total. The van der Waals surface area contributed by atoms with Crippen molar-refractivity contribution in [2.24, 2.45) is 11.3 Å². The second-order valence-corrected chi connectivity index (χ2v) is 4.46. The highest BCUT2D eigenvalue weighted by atomic mass is 15.0. The molecule has 0 saturated heterocycles. The maximum absolute atomic E-state index is 4.20. The first-order chi connectivity index (χ1) is 6.73. The molecule has 1 fully saturated rings. The van der Waals surface area contributed by atoms with Crippen molar-refractivity contribution in [1.82, 2.24) is 9.97 Å². The third-order valence-electron chi connectivity index (χ3n) is 3.30. The summed E-state index contributed by atoms with van der Waals surface area (Å²) in [6.07, 6.45) is 7.88. The van der Waals surface area contributed by atoms with E-state index in [4.69, 9.17) is 0 Å². The van der Waals surface area contributed by atoms with Crippen molar-refractivity contribution in [3.05, 3.63) is 18.6 Å². The molecule has 0 spiro atoms. The number of anilines is 1. The van der Waals surface area contributed by atoms with Crippen LogP contribution in [-0.2, 0) is 0 Å². The fourth-order valence-electron chi connectivity index (χ4n) is 1.78. The van der Waals surface area contributed by atoms with Crippen molar-refractivity contribution in [2.45, 2.75) is 26.7 Å². The van der Waals surface area contributed by atoms with E-state index in [0.29, 0.717) is 5.41 Å². The molecule has 1 aromatic heterocycles. The van der Waals surface area contributed by atoms with E-state index in [1.165, 1.54) is 12.8 Å². The highest BCUT2D eigenvalue weighted by Crippen LogP contribution is 2.51. The van der Waals surface area contributed by atoms with Gasteiger partial charge in [0.1, 0.15) is 5.82 Å². The second-order valence-electron chi connectivity index (χ2n) is 4.46. The molecule has 0 bridgehead atoms. The third kappa shape index (κ3) is 1.86.